The molecule has 0 amide bonds. The first-order valence-corrected chi connectivity index (χ1v) is 6.80. The molecule has 2 aliphatic heterocycles. The normalized spacial score (nSPS) is 23.7. The summed E-state index contributed by atoms with van der Waals surface area (Å²) in [5.41, 5.74) is 1.23. The first-order chi connectivity index (χ1) is 8.77. The third-order valence-electron chi connectivity index (χ3n) is 4.01. The number of fused-ring (bicyclic) bond motifs is 1. The first kappa shape index (κ1) is 11.7. The average Bonchev–Trinajstić information content (AvgIpc) is 2.79. The molecule has 1 saturated heterocycles. The molecule has 5 heteroatoms. The highest BCUT2D eigenvalue weighted by Crippen LogP contribution is 2.28. The van der Waals surface area contributed by atoms with E-state index in [1.807, 2.05) is 0 Å². The number of hydrogen-bond donors (Lipinski definition) is 2. The van der Waals surface area contributed by atoms with Crippen molar-refractivity contribution in [3.63, 3.8) is 0 Å². The Morgan fingerprint density at radius 1 is 1.39 bits per heavy atom. The number of imidazole rings is 1. The van der Waals surface area contributed by atoms with Gasteiger partial charge >= 0.3 is 5.97 Å². The van der Waals surface area contributed by atoms with Crippen LogP contribution in [0.25, 0.3) is 0 Å². The van der Waals surface area contributed by atoms with Gasteiger partial charge in [-0.1, -0.05) is 0 Å². The van der Waals surface area contributed by atoms with Gasteiger partial charge in [-0.15, -0.1) is 0 Å². The average molecular weight is 249 g/mol. The molecule has 0 bridgehead atoms. The predicted molar refractivity (Wildman–Crippen MR) is 67.0 cm³/mol. The Hall–Kier alpha value is -1.36. The topological polar surface area (TPSA) is 67.2 Å². The molecule has 2 aliphatic rings. The van der Waals surface area contributed by atoms with Gasteiger partial charge < -0.3 is 15.0 Å². The maximum Gasteiger partial charge on any atom is 0.356 e. The van der Waals surface area contributed by atoms with Crippen LogP contribution in [0.15, 0.2) is 0 Å². The van der Waals surface area contributed by atoms with E-state index in [0.29, 0.717) is 5.92 Å². The van der Waals surface area contributed by atoms with E-state index in [4.69, 9.17) is 0 Å². The molecule has 1 aromatic heterocycles. The number of hydrogen-bond acceptors (Lipinski definition) is 3. The molecule has 5 nitrogen and oxygen atoms in total. The smallest absolute Gasteiger partial charge is 0.356 e. The van der Waals surface area contributed by atoms with Crippen molar-refractivity contribution in [2.45, 2.75) is 44.6 Å². The number of piperidine rings is 1. The fraction of sp³-hybridized carbons (Fsp3) is 0.692. The molecule has 0 aromatic carbocycles. The molecule has 1 aromatic rings. The van der Waals surface area contributed by atoms with Crippen LogP contribution in [0.3, 0.4) is 0 Å². The van der Waals surface area contributed by atoms with E-state index in [0.717, 1.165) is 63.3 Å². The number of carboxylic acid groups (broad SMARTS) is 1. The Balaban J connectivity index is 2.00. The van der Waals surface area contributed by atoms with Gasteiger partial charge in [-0.2, -0.15) is 0 Å². The highest BCUT2D eigenvalue weighted by Gasteiger charge is 2.28. The van der Waals surface area contributed by atoms with Crippen molar-refractivity contribution in [2.75, 3.05) is 13.1 Å². The molecule has 0 radical (unpaired) electrons. The number of carboxylic acids is 1. The highest BCUT2D eigenvalue weighted by molar-refractivity contribution is 5.87. The molecule has 0 aliphatic carbocycles. The summed E-state index contributed by atoms with van der Waals surface area (Å²) < 4.78 is 2.17. The van der Waals surface area contributed by atoms with Crippen LogP contribution in [0.1, 0.15) is 53.6 Å². The minimum atomic E-state index is -0.879. The zero-order chi connectivity index (χ0) is 12.5. The second-order valence-corrected chi connectivity index (χ2v) is 5.22. The summed E-state index contributed by atoms with van der Waals surface area (Å²) in [5, 5.41) is 12.6. The van der Waals surface area contributed by atoms with E-state index < -0.39 is 5.97 Å². The van der Waals surface area contributed by atoms with Crippen LogP contribution in [0.2, 0.25) is 0 Å². The van der Waals surface area contributed by atoms with Crippen molar-refractivity contribution in [3.8, 4) is 0 Å². The lowest BCUT2D eigenvalue weighted by Gasteiger charge is -2.25. The highest BCUT2D eigenvalue weighted by atomic mass is 16.4. The van der Waals surface area contributed by atoms with Crippen LogP contribution in [-0.2, 0) is 13.0 Å². The number of aromatic carboxylic acids is 1. The Morgan fingerprint density at radius 2 is 2.28 bits per heavy atom. The van der Waals surface area contributed by atoms with E-state index in [1.165, 1.54) is 0 Å². The first-order valence-electron chi connectivity index (χ1n) is 6.80. The third kappa shape index (κ3) is 1.92. The van der Waals surface area contributed by atoms with Crippen molar-refractivity contribution >= 4 is 5.97 Å². The van der Waals surface area contributed by atoms with E-state index in [-0.39, 0.29) is 5.69 Å². The number of nitrogens with one attached hydrogen (secondary N) is 1. The van der Waals surface area contributed by atoms with Gasteiger partial charge in [0.1, 0.15) is 5.82 Å². The van der Waals surface area contributed by atoms with Crippen LogP contribution >= 0.6 is 0 Å². The van der Waals surface area contributed by atoms with Gasteiger partial charge in [-0.25, -0.2) is 9.78 Å². The van der Waals surface area contributed by atoms with Crippen molar-refractivity contribution in [3.05, 3.63) is 17.2 Å². The fourth-order valence-corrected chi connectivity index (χ4v) is 3.13. The van der Waals surface area contributed by atoms with E-state index in [1.54, 1.807) is 0 Å². The molecule has 18 heavy (non-hydrogen) atoms. The van der Waals surface area contributed by atoms with Crippen molar-refractivity contribution in [1.29, 1.82) is 0 Å². The van der Waals surface area contributed by atoms with Crippen molar-refractivity contribution in [1.82, 2.24) is 14.9 Å². The van der Waals surface area contributed by atoms with Gasteiger partial charge in [0.05, 0.1) is 5.69 Å². The summed E-state index contributed by atoms with van der Waals surface area (Å²) >= 11 is 0. The SMILES string of the molecule is O=C(O)c1nc(C2CCCNC2)n2c1CCCC2. The quantitative estimate of drug-likeness (QED) is 0.831. The largest absolute Gasteiger partial charge is 0.476 e. The Kier molecular flexibility index (Phi) is 3.07. The van der Waals surface area contributed by atoms with Gasteiger partial charge in [-0.3, -0.25) is 0 Å². The third-order valence-corrected chi connectivity index (χ3v) is 4.01. The minimum Gasteiger partial charge on any atom is -0.476 e. The second kappa shape index (κ2) is 4.72. The number of rotatable bonds is 2. The molecule has 1 fully saturated rings. The zero-order valence-electron chi connectivity index (χ0n) is 10.5. The summed E-state index contributed by atoms with van der Waals surface area (Å²) in [5.74, 6) is 0.494. The molecule has 98 valence electrons. The monoisotopic (exact) mass is 249 g/mol. The van der Waals surface area contributed by atoms with Gasteiger partial charge in [0.2, 0.25) is 0 Å². The molecule has 0 spiro atoms. The molecule has 3 rings (SSSR count). The fourth-order valence-electron chi connectivity index (χ4n) is 3.13. The van der Waals surface area contributed by atoms with Crippen LogP contribution in [0, 0.1) is 0 Å². The molecular weight excluding hydrogens is 230 g/mol. The molecule has 0 saturated carbocycles. The lowest BCUT2D eigenvalue weighted by atomic mass is 9.98. The number of carbonyl (C=O) groups is 1. The number of aromatic nitrogens is 2. The Bertz CT molecular complexity index is 461. The molecule has 1 atom stereocenters. The van der Waals surface area contributed by atoms with Crippen LogP contribution < -0.4 is 5.32 Å². The maximum absolute atomic E-state index is 11.3. The van der Waals surface area contributed by atoms with Gasteiger partial charge in [0.25, 0.3) is 0 Å². The van der Waals surface area contributed by atoms with Crippen LogP contribution in [0.4, 0.5) is 0 Å². The summed E-state index contributed by atoms with van der Waals surface area (Å²) in [7, 11) is 0. The predicted octanol–water partition coefficient (Wildman–Crippen LogP) is 1.38. The summed E-state index contributed by atoms with van der Waals surface area (Å²) in [6.45, 7) is 2.92. The van der Waals surface area contributed by atoms with Gasteiger partial charge in [0, 0.05) is 19.0 Å². The summed E-state index contributed by atoms with van der Waals surface area (Å²) in [4.78, 5) is 15.7. The van der Waals surface area contributed by atoms with E-state index in [2.05, 4.69) is 14.9 Å². The Labute approximate surface area is 106 Å². The molecule has 3 heterocycles. The molecule has 1 unspecified atom stereocenters. The summed E-state index contributed by atoms with van der Waals surface area (Å²) in [6, 6.07) is 0. The van der Waals surface area contributed by atoms with Gasteiger partial charge in [-0.05, 0) is 38.6 Å². The zero-order valence-corrected chi connectivity index (χ0v) is 10.5. The molecular formula is C13H19N3O2. The Morgan fingerprint density at radius 3 is 3.00 bits per heavy atom. The van der Waals surface area contributed by atoms with E-state index >= 15 is 0 Å². The van der Waals surface area contributed by atoms with Crippen LogP contribution in [-0.4, -0.2) is 33.7 Å². The van der Waals surface area contributed by atoms with Crippen molar-refractivity contribution in [2.24, 2.45) is 0 Å². The minimum absolute atomic E-state index is 0.287. The second-order valence-electron chi connectivity index (χ2n) is 5.22. The standard InChI is InChI=1S/C13H19N3O2/c17-13(18)11-10-5-1-2-7-16(10)12(15-11)9-4-3-6-14-8-9/h9,14H,1-8H2,(H,17,18). The van der Waals surface area contributed by atoms with E-state index in [9.17, 15) is 9.90 Å². The molecule has 2 N–H and O–H groups in total. The van der Waals surface area contributed by atoms with Crippen LogP contribution in [0.5, 0.6) is 0 Å². The summed E-state index contributed by atoms with van der Waals surface area (Å²) in [6.07, 6.45) is 5.33. The van der Waals surface area contributed by atoms with Crippen molar-refractivity contribution < 1.29 is 9.90 Å². The lowest BCUT2D eigenvalue weighted by molar-refractivity contribution is 0.0689. The number of nitrogens with zero attached hydrogens (tertiary/aromatic N) is 2. The lowest BCUT2D eigenvalue weighted by Crippen LogP contribution is -2.30. The maximum atomic E-state index is 11.3. The van der Waals surface area contributed by atoms with Gasteiger partial charge in [0.15, 0.2) is 5.69 Å².